The highest BCUT2D eigenvalue weighted by molar-refractivity contribution is 5.93. The van der Waals surface area contributed by atoms with E-state index >= 15 is 0 Å². The van der Waals surface area contributed by atoms with Gasteiger partial charge in [-0.05, 0) is 29.5 Å². The molecule has 3 N–H and O–H groups in total. The lowest BCUT2D eigenvalue weighted by Crippen LogP contribution is -2.22. The molecule has 0 radical (unpaired) electrons. The lowest BCUT2D eigenvalue weighted by atomic mass is 9.88. The monoisotopic (exact) mass is 246 g/mol. The molecular formula is C15H22N2O. The van der Waals surface area contributed by atoms with Gasteiger partial charge in [-0.2, -0.15) is 0 Å². The largest absolute Gasteiger partial charge is 0.326 e. The summed E-state index contributed by atoms with van der Waals surface area (Å²) in [6.45, 7) is 4.37. The van der Waals surface area contributed by atoms with Gasteiger partial charge in [0.2, 0.25) is 5.91 Å². The van der Waals surface area contributed by atoms with Gasteiger partial charge in [0.05, 0.1) is 0 Å². The van der Waals surface area contributed by atoms with E-state index in [-0.39, 0.29) is 11.9 Å². The van der Waals surface area contributed by atoms with E-state index in [1.54, 1.807) is 0 Å². The summed E-state index contributed by atoms with van der Waals surface area (Å²) in [5.74, 6) is 0.640. The molecule has 1 unspecified atom stereocenters. The molecule has 1 atom stereocenters. The Hall–Kier alpha value is -1.35. The molecule has 1 aliphatic heterocycles. The van der Waals surface area contributed by atoms with Crippen molar-refractivity contribution in [3.8, 4) is 0 Å². The maximum atomic E-state index is 11.3. The molecular weight excluding hydrogens is 224 g/mol. The zero-order valence-corrected chi connectivity index (χ0v) is 11.2. The first-order valence-corrected chi connectivity index (χ1v) is 6.84. The highest BCUT2D eigenvalue weighted by Gasteiger charge is 2.19. The third-order valence-corrected chi connectivity index (χ3v) is 3.97. The number of aryl methyl sites for hydroxylation is 1. The van der Waals surface area contributed by atoms with Crippen LogP contribution in [0.2, 0.25) is 0 Å². The molecule has 3 heteroatoms. The minimum absolute atomic E-state index is 0.0999. The minimum atomic E-state index is 0.0999. The van der Waals surface area contributed by atoms with E-state index in [2.05, 4.69) is 25.2 Å². The summed E-state index contributed by atoms with van der Waals surface area (Å²) < 4.78 is 0. The van der Waals surface area contributed by atoms with Crippen molar-refractivity contribution in [2.45, 2.75) is 45.6 Å². The molecule has 1 aromatic rings. The molecule has 0 aromatic heterocycles. The molecule has 1 aliphatic rings. The molecule has 3 nitrogen and oxygen atoms in total. The van der Waals surface area contributed by atoms with Crippen molar-refractivity contribution in [3.63, 3.8) is 0 Å². The second-order valence-electron chi connectivity index (χ2n) is 5.07. The molecule has 0 saturated heterocycles. The summed E-state index contributed by atoms with van der Waals surface area (Å²) in [5.41, 5.74) is 9.69. The van der Waals surface area contributed by atoms with E-state index < -0.39 is 0 Å². The Morgan fingerprint density at radius 2 is 2.00 bits per heavy atom. The summed E-state index contributed by atoms with van der Waals surface area (Å²) in [6.07, 6.45) is 3.61. The molecule has 0 spiro atoms. The number of hydrogen-bond donors (Lipinski definition) is 2. The number of carbonyl (C=O) groups excluding carboxylic acids is 1. The van der Waals surface area contributed by atoms with E-state index in [4.69, 9.17) is 5.73 Å². The highest BCUT2D eigenvalue weighted by Crippen LogP contribution is 2.30. The van der Waals surface area contributed by atoms with E-state index in [1.807, 2.05) is 12.1 Å². The number of fused-ring (bicyclic) bond motifs is 1. The predicted octanol–water partition coefficient (Wildman–Crippen LogP) is 3.01. The highest BCUT2D eigenvalue weighted by atomic mass is 16.1. The number of nitrogens with one attached hydrogen (secondary N) is 1. The van der Waals surface area contributed by atoms with Crippen LogP contribution in [0.25, 0.3) is 0 Å². The van der Waals surface area contributed by atoms with E-state index in [1.165, 1.54) is 11.1 Å². The van der Waals surface area contributed by atoms with Crippen LogP contribution in [-0.2, 0) is 11.2 Å². The van der Waals surface area contributed by atoms with Crippen molar-refractivity contribution in [2.24, 2.45) is 11.7 Å². The Labute approximate surface area is 109 Å². The molecule has 1 aromatic carbocycles. The number of carbonyl (C=O) groups is 1. The normalized spacial score (nSPS) is 16.3. The Morgan fingerprint density at radius 1 is 1.28 bits per heavy atom. The van der Waals surface area contributed by atoms with Crippen LogP contribution >= 0.6 is 0 Å². The number of hydrogen-bond acceptors (Lipinski definition) is 2. The molecule has 0 aliphatic carbocycles. The number of benzene rings is 1. The van der Waals surface area contributed by atoms with Crippen molar-refractivity contribution in [1.29, 1.82) is 0 Å². The van der Waals surface area contributed by atoms with E-state index in [9.17, 15) is 4.79 Å². The minimum Gasteiger partial charge on any atom is -0.326 e. The zero-order valence-electron chi connectivity index (χ0n) is 11.2. The first kappa shape index (κ1) is 13.1. The van der Waals surface area contributed by atoms with Crippen LogP contribution in [0.4, 0.5) is 5.69 Å². The fourth-order valence-electron chi connectivity index (χ4n) is 2.68. The van der Waals surface area contributed by atoms with Crippen LogP contribution in [0.3, 0.4) is 0 Å². The van der Waals surface area contributed by atoms with E-state index in [0.29, 0.717) is 12.3 Å². The number of anilines is 1. The fraction of sp³-hybridized carbons (Fsp3) is 0.533. The lowest BCUT2D eigenvalue weighted by molar-refractivity contribution is -0.116. The fourth-order valence-corrected chi connectivity index (χ4v) is 2.68. The van der Waals surface area contributed by atoms with Gasteiger partial charge in [-0.1, -0.05) is 38.8 Å². The van der Waals surface area contributed by atoms with Crippen LogP contribution in [0.1, 0.15) is 50.3 Å². The second-order valence-corrected chi connectivity index (χ2v) is 5.07. The molecule has 0 fully saturated rings. The maximum Gasteiger partial charge on any atom is 0.224 e. The van der Waals surface area contributed by atoms with Crippen LogP contribution in [0.5, 0.6) is 0 Å². The Morgan fingerprint density at radius 3 is 2.67 bits per heavy atom. The van der Waals surface area contributed by atoms with Gasteiger partial charge in [0.15, 0.2) is 0 Å². The molecule has 1 amide bonds. The first-order chi connectivity index (χ1) is 8.65. The maximum absolute atomic E-state index is 11.3. The Balaban J connectivity index is 2.23. The summed E-state index contributed by atoms with van der Waals surface area (Å²) >= 11 is 0. The number of rotatable bonds is 4. The third kappa shape index (κ3) is 2.56. The van der Waals surface area contributed by atoms with Gasteiger partial charge >= 0.3 is 0 Å². The summed E-state index contributed by atoms with van der Waals surface area (Å²) in [5, 5.41) is 2.90. The molecule has 1 heterocycles. The predicted molar refractivity (Wildman–Crippen MR) is 74.4 cm³/mol. The first-order valence-electron chi connectivity index (χ1n) is 6.84. The molecule has 18 heavy (non-hydrogen) atoms. The summed E-state index contributed by atoms with van der Waals surface area (Å²) in [6, 6.07) is 6.30. The van der Waals surface area contributed by atoms with Gasteiger partial charge in [-0.15, -0.1) is 0 Å². The molecule has 2 rings (SSSR count). The van der Waals surface area contributed by atoms with Crippen molar-refractivity contribution >= 4 is 11.6 Å². The molecule has 0 saturated carbocycles. The van der Waals surface area contributed by atoms with Gasteiger partial charge in [-0.25, -0.2) is 0 Å². The lowest BCUT2D eigenvalue weighted by Gasteiger charge is -2.24. The van der Waals surface area contributed by atoms with Gasteiger partial charge in [0.1, 0.15) is 0 Å². The van der Waals surface area contributed by atoms with Gasteiger partial charge < -0.3 is 11.1 Å². The second kappa shape index (κ2) is 5.53. The summed E-state index contributed by atoms with van der Waals surface area (Å²) in [7, 11) is 0. The smallest absolute Gasteiger partial charge is 0.224 e. The molecule has 98 valence electrons. The number of amides is 1. The van der Waals surface area contributed by atoms with Crippen LogP contribution in [-0.4, -0.2) is 5.91 Å². The summed E-state index contributed by atoms with van der Waals surface area (Å²) in [4.78, 5) is 11.3. The Kier molecular flexibility index (Phi) is 4.02. The van der Waals surface area contributed by atoms with E-state index in [0.717, 1.165) is 24.9 Å². The van der Waals surface area contributed by atoms with Crippen LogP contribution in [0.15, 0.2) is 18.2 Å². The van der Waals surface area contributed by atoms with Crippen molar-refractivity contribution < 1.29 is 4.79 Å². The standard InChI is InChI=1S/C15H22N2O/c1-3-10(4-2)15(16)12-5-7-13-11(9-12)6-8-14(18)17-13/h5,7,9-10,15H,3-4,6,8,16H2,1-2H3,(H,17,18). The Bertz CT molecular complexity index is 438. The van der Waals surface area contributed by atoms with Gasteiger partial charge in [0.25, 0.3) is 0 Å². The zero-order chi connectivity index (χ0) is 13.1. The van der Waals surface area contributed by atoms with Gasteiger partial charge in [0, 0.05) is 18.2 Å². The van der Waals surface area contributed by atoms with Crippen molar-refractivity contribution in [1.82, 2.24) is 0 Å². The average molecular weight is 246 g/mol. The topological polar surface area (TPSA) is 55.1 Å². The van der Waals surface area contributed by atoms with Crippen molar-refractivity contribution in [3.05, 3.63) is 29.3 Å². The third-order valence-electron chi connectivity index (χ3n) is 3.97. The van der Waals surface area contributed by atoms with Crippen molar-refractivity contribution in [2.75, 3.05) is 5.32 Å². The quantitative estimate of drug-likeness (QED) is 0.858. The SMILES string of the molecule is CCC(CC)C(N)c1ccc2c(c1)CCC(=O)N2. The number of nitrogens with two attached hydrogens (primary N) is 1. The average Bonchev–Trinajstić information content (AvgIpc) is 2.39. The van der Waals surface area contributed by atoms with Crippen LogP contribution in [0, 0.1) is 5.92 Å². The molecule has 0 bridgehead atoms. The van der Waals surface area contributed by atoms with Gasteiger partial charge in [-0.3, -0.25) is 4.79 Å². The van der Waals surface area contributed by atoms with Crippen LogP contribution < -0.4 is 11.1 Å².